The van der Waals surface area contributed by atoms with Crippen molar-refractivity contribution in [1.29, 1.82) is 5.41 Å². The number of alkyl halides is 3. The van der Waals surface area contributed by atoms with Gasteiger partial charge in [0, 0.05) is 32.9 Å². The molecule has 0 bridgehead atoms. The van der Waals surface area contributed by atoms with E-state index in [1.807, 2.05) is 0 Å². The van der Waals surface area contributed by atoms with Gasteiger partial charge < -0.3 is 32.0 Å². The number of carbonyl (C=O) groups excluding carboxylic acids is 1. The smallest absolute Gasteiger partial charge is 0.389 e. The Morgan fingerprint density at radius 2 is 2.03 bits per heavy atom. The van der Waals surface area contributed by atoms with E-state index in [1.54, 1.807) is 0 Å². The van der Waals surface area contributed by atoms with E-state index in [1.165, 1.54) is 18.0 Å². The molecule has 8 nitrogen and oxygen atoms in total. The monoisotopic (exact) mass is 489 g/mol. The van der Waals surface area contributed by atoms with Crippen LogP contribution in [0.1, 0.15) is 10.5 Å². The quantitative estimate of drug-likeness (QED) is 0.314. The molecule has 1 atom stereocenters. The molecule has 1 aliphatic rings. The number of anilines is 1. The zero-order valence-electron chi connectivity index (χ0n) is 17.2. The molecule has 1 aliphatic heterocycles. The predicted molar refractivity (Wildman–Crippen MR) is 114 cm³/mol. The lowest BCUT2D eigenvalue weighted by atomic mass is 10.2. The van der Waals surface area contributed by atoms with Crippen LogP contribution in [0.15, 0.2) is 29.7 Å². The third kappa shape index (κ3) is 5.22. The van der Waals surface area contributed by atoms with E-state index in [0.717, 1.165) is 18.3 Å². The highest BCUT2D eigenvalue weighted by Gasteiger charge is 2.42. The van der Waals surface area contributed by atoms with Crippen molar-refractivity contribution in [3.8, 4) is 10.6 Å². The van der Waals surface area contributed by atoms with Gasteiger partial charge in [-0.2, -0.15) is 13.2 Å². The van der Waals surface area contributed by atoms with Crippen LogP contribution in [0.2, 0.25) is 0 Å². The highest BCUT2D eigenvalue weighted by Crippen LogP contribution is 2.33. The minimum Gasteiger partial charge on any atom is -0.389 e. The minimum absolute atomic E-state index is 0.0329. The van der Waals surface area contributed by atoms with Crippen LogP contribution in [0.3, 0.4) is 0 Å². The summed E-state index contributed by atoms with van der Waals surface area (Å²) >= 11 is 0.697. The van der Waals surface area contributed by atoms with Gasteiger partial charge in [0.15, 0.2) is 5.69 Å². The van der Waals surface area contributed by atoms with E-state index in [-0.39, 0.29) is 40.3 Å². The molecule has 1 aromatic heterocycles. The maximum atomic E-state index is 14.1. The topological polar surface area (TPSA) is 119 Å². The molecule has 2 heterocycles. The molecule has 14 heteroatoms. The highest BCUT2D eigenvalue weighted by molar-refractivity contribution is 7.19. The average Bonchev–Trinajstić information content (AvgIpc) is 3.14. The number of aromatic nitrogens is 1. The first-order valence-corrected chi connectivity index (χ1v) is 10.4. The van der Waals surface area contributed by atoms with Crippen LogP contribution in [-0.4, -0.2) is 60.9 Å². The van der Waals surface area contributed by atoms with E-state index in [9.17, 15) is 26.7 Å². The van der Waals surface area contributed by atoms with Gasteiger partial charge in [-0.3, -0.25) is 4.79 Å². The Balaban J connectivity index is 1.88. The van der Waals surface area contributed by atoms with Gasteiger partial charge in [-0.05, 0) is 12.1 Å². The van der Waals surface area contributed by atoms with Crippen molar-refractivity contribution in [2.45, 2.75) is 12.2 Å². The average molecular weight is 489 g/mol. The maximum Gasteiger partial charge on any atom is 0.405 e. The van der Waals surface area contributed by atoms with Gasteiger partial charge in [-0.25, -0.2) is 13.8 Å². The summed E-state index contributed by atoms with van der Waals surface area (Å²) < 4.78 is 67.5. The second-order valence-corrected chi connectivity index (χ2v) is 7.96. The summed E-state index contributed by atoms with van der Waals surface area (Å²) in [6, 6.07) is 1.46. The number of hydrogen-bond acceptors (Lipinski definition) is 8. The number of rotatable bonds is 6. The summed E-state index contributed by atoms with van der Waals surface area (Å²) in [5.41, 5.74) is 4.93. The lowest BCUT2D eigenvalue weighted by Crippen LogP contribution is -2.58. The van der Waals surface area contributed by atoms with Crippen molar-refractivity contribution >= 4 is 28.5 Å². The van der Waals surface area contributed by atoms with E-state index in [2.05, 4.69) is 20.9 Å². The fraction of sp³-hybridized carbons (Fsp3) is 0.316. The second-order valence-electron chi connectivity index (χ2n) is 6.93. The molecule has 3 rings (SSSR count). The first-order chi connectivity index (χ1) is 15.6. The number of carbonyl (C=O) groups is 1. The third-order valence-electron chi connectivity index (χ3n) is 4.82. The molecule has 6 N–H and O–H groups in total. The Hall–Kier alpha value is -3.26. The summed E-state index contributed by atoms with van der Waals surface area (Å²) in [6.07, 6.45) is -3.71. The van der Waals surface area contributed by atoms with Gasteiger partial charge >= 0.3 is 6.18 Å². The third-order valence-corrected chi connectivity index (χ3v) is 5.72. The molecule has 0 radical (unpaired) electrons. The van der Waals surface area contributed by atoms with Crippen LogP contribution in [0.5, 0.6) is 0 Å². The zero-order chi connectivity index (χ0) is 24.3. The summed E-state index contributed by atoms with van der Waals surface area (Å²) in [4.78, 5) is 18.1. The molecular weight excluding hydrogens is 469 g/mol. The number of amides is 1. The molecule has 1 fully saturated rings. The van der Waals surface area contributed by atoms with Crippen LogP contribution in [0, 0.1) is 17.0 Å². The van der Waals surface area contributed by atoms with E-state index in [4.69, 9.17) is 11.1 Å². The van der Waals surface area contributed by atoms with E-state index >= 15 is 0 Å². The molecule has 0 aliphatic carbocycles. The standard InChI is InChI=1S/C19H20F5N7OS/c1-27-16(31-6-5-28-12(8-31)19(22,23)24)11(7-25)29-17(32)14-15(26)33-18(30-14)13-9(20)3-2-4-10(13)21/h2-4,7,12,25,27-28H,5-6,8,26H2,1H3,(H,29,32)/b16-11-,25-7?/t12-/m1/s1. The van der Waals surface area contributed by atoms with Gasteiger partial charge in [0.1, 0.15) is 33.5 Å². The van der Waals surface area contributed by atoms with Gasteiger partial charge in [0.05, 0.1) is 11.3 Å². The molecule has 0 saturated carbocycles. The number of nitrogens with one attached hydrogen (secondary N) is 4. The van der Waals surface area contributed by atoms with Crippen LogP contribution < -0.4 is 21.7 Å². The maximum absolute atomic E-state index is 14.1. The van der Waals surface area contributed by atoms with E-state index < -0.39 is 41.9 Å². The van der Waals surface area contributed by atoms with Gasteiger partial charge in [0.25, 0.3) is 5.91 Å². The Labute approximate surface area is 189 Å². The Morgan fingerprint density at radius 3 is 2.61 bits per heavy atom. The highest BCUT2D eigenvalue weighted by atomic mass is 32.1. The van der Waals surface area contributed by atoms with Crippen molar-refractivity contribution in [3.05, 3.63) is 47.0 Å². The van der Waals surface area contributed by atoms with Gasteiger partial charge in [0.2, 0.25) is 0 Å². The molecule has 1 saturated heterocycles. The van der Waals surface area contributed by atoms with Crippen molar-refractivity contribution in [3.63, 3.8) is 0 Å². The van der Waals surface area contributed by atoms with Crippen LogP contribution in [0.25, 0.3) is 10.6 Å². The molecular formula is C19H20F5N7OS. The summed E-state index contributed by atoms with van der Waals surface area (Å²) in [7, 11) is 1.44. The second kappa shape index (κ2) is 9.70. The normalized spacial score (nSPS) is 17.4. The number of piperazine rings is 1. The van der Waals surface area contributed by atoms with Crippen molar-refractivity contribution in [2.24, 2.45) is 0 Å². The van der Waals surface area contributed by atoms with Crippen LogP contribution >= 0.6 is 11.3 Å². The van der Waals surface area contributed by atoms with Crippen LogP contribution in [-0.2, 0) is 0 Å². The van der Waals surface area contributed by atoms with Crippen molar-refractivity contribution < 1.29 is 26.7 Å². The molecule has 1 amide bonds. The first-order valence-electron chi connectivity index (χ1n) is 9.56. The number of nitrogens with two attached hydrogens (primary N) is 1. The number of allylic oxidation sites excluding steroid dienone is 1. The molecule has 33 heavy (non-hydrogen) atoms. The minimum atomic E-state index is -4.47. The van der Waals surface area contributed by atoms with Gasteiger partial charge in [-0.1, -0.05) is 17.4 Å². The SMILES string of the molecule is CN/C(=C(\C=N)NC(=O)c1nc(-c2c(F)cccc2F)sc1N)N1CCN[C@@H](C(F)(F)F)C1. The Kier molecular flexibility index (Phi) is 7.17. The zero-order valence-corrected chi connectivity index (χ0v) is 18.0. The first kappa shape index (κ1) is 24.4. The van der Waals surface area contributed by atoms with Crippen LogP contribution in [0.4, 0.5) is 27.0 Å². The Morgan fingerprint density at radius 1 is 1.36 bits per heavy atom. The lowest BCUT2D eigenvalue weighted by molar-refractivity contribution is -0.163. The number of halogens is 5. The lowest BCUT2D eigenvalue weighted by Gasteiger charge is -2.37. The Bertz CT molecular complexity index is 1060. The number of nitrogens with zero attached hydrogens (tertiary/aromatic N) is 2. The number of thiazole rings is 1. The molecule has 2 aromatic rings. The largest absolute Gasteiger partial charge is 0.405 e. The summed E-state index contributed by atoms with van der Waals surface area (Å²) in [6.45, 7) is -0.223. The number of hydrogen-bond donors (Lipinski definition) is 5. The molecule has 0 spiro atoms. The summed E-state index contributed by atoms with van der Waals surface area (Å²) in [5.74, 6) is -2.57. The molecule has 178 valence electrons. The van der Waals surface area contributed by atoms with E-state index in [0.29, 0.717) is 11.3 Å². The fourth-order valence-electron chi connectivity index (χ4n) is 3.28. The predicted octanol–water partition coefficient (Wildman–Crippen LogP) is 2.27. The molecule has 0 unspecified atom stereocenters. The fourth-order valence-corrected chi connectivity index (χ4v) is 4.16. The number of nitrogen functional groups attached to an aromatic ring is 1. The molecule has 1 aromatic carbocycles. The van der Waals surface area contributed by atoms with Crippen molar-refractivity contribution in [2.75, 3.05) is 32.4 Å². The number of benzene rings is 1. The van der Waals surface area contributed by atoms with Gasteiger partial charge in [-0.15, -0.1) is 0 Å². The summed E-state index contributed by atoms with van der Waals surface area (Å²) in [5, 5.41) is 14.8. The van der Waals surface area contributed by atoms with Crippen molar-refractivity contribution in [1.82, 2.24) is 25.8 Å².